The van der Waals surface area contributed by atoms with Gasteiger partial charge < -0.3 is 64.5 Å². The van der Waals surface area contributed by atoms with E-state index >= 15 is 0 Å². The number of carboxylic acids is 1. The molecule has 0 aliphatic carbocycles. The molecule has 15 heteroatoms. The molecule has 2 saturated heterocycles. The Morgan fingerprint density at radius 1 is 1.00 bits per heavy atom. The number of aliphatic hydroxyl groups is 6. The lowest BCUT2D eigenvalue weighted by Gasteiger charge is -2.45. The van der Waals surface area contributed by atoms with Gasteiger partial charge in [0.05, 0.1) is 25.5 Å². The van der Waals surface area contributed by atoms with E-state index in [4.69, 9.17) is 23.7 Å². The maximum absolute atomic E-state index is 11.4. The first kappa shape index (κ1) is 28.5. The summed E-state index contributed by atoms with van der Waals surface area (Å²) in [7, 11) is 1.42. The fraction of sp³-hybridized carbons (Fsp3) is 0.714. The summed E-state index contributed by atoms with van der Waals surface area (Å²) in [6.45, 7) is 0.611. The zero-order valence-corrected chi connectivity index (χ0v) is 19.4. The lowest BCUT2D eigenvalue weighted by atomic mass is 9.97. The topological polar surface area (TPSA) is 238 Å². The molecule has 10 atom stereocenters. The number of methoxy groups -OCH3 is 1. The molecular weight excluding hydrogens is 490 g/mol. The number of nitrogens with zero attached hydrogens (tertiary/aromatic N) is 1. The Morgan fingerprint density at radius 3 is 2.31 bits per heavy atom. The quantitative estimate of drug-likeness (QED) is 0.157. The van der Waals surface area contributed by atoms with E-state index in [-0.39, 0.29) is 19.0 Å². The molecule has 1 aromatic heterocycles. The van der Waals surface area contributed by atoms with Crippen LogP contribution in [0.5, 0.6) is 5.75 Å². The number of aromatic hydroxyl groups is 1. The fourth-order valence-corrected chi connectivity index (χ4v) is 3.94. The maximum atomic E-state index is 11.4. The molecule has 3 heterocycles. The van der Waals surface area contributed by atoms with Gasteiger partial charge >= 0.3 is 5.97 Å². The van der Waals surface area contributed by atoms with E-state index in [0.29, 0.717) is 16.8 Å². The van der Waals surface area contributed by atoms with Crippen LogP contribution in [0.1, 0.15) is 16.8 Å². The zero-order valence-electron chi connectivity index (χ0n) is 19.4. The largest absolute Gasteiger partial charge is 0.506 e. The molecule has 2 fully saturated rings. The van der Waals surface area contributed by atoms with Crippen LogP contribution in [0, 0.1) is 6.92 Å². The molecule has 2 aliphatic heterocycles. The molecule has 0 amide bonds. The van der Waals surface area contributed by atoms with Crippen LogP contribution in [0.2, 0.25) is 0 Å². The average molecular weight is 521 g/mol. The lowest BCUT2D eigenvalue weighted by molar-refractivity contribution is -0.365. The number of carboxylic acid groups (broad SMARTS) is 1. The highest BCUT2D eigenvalue weighted by Crippen LogP contribution is 2.31. The molecule has 204 valence electrons. The molecular formula is C21H31NO14. The van der Waals surface area contributed by atoms with E-state index in [1.165, 1.54) is 13.3 Å². The monoisotopic (exact) mass is 521 g/mol. The fourth-order valence-electron chi connectivity index (χ4n) is 3.94. The van der Waals surface area contributed by atoms with Crippen molar-refractivity contribution in [3.05, 3.63) is 23.0 Å². The minimum Gasteiger partial charge on any atom is -0.506 e. The van der Waals surface area contributed by atoms with Gasteiger partial charge in [0.15, 0.2) is 18.7 Å². The molecule has 0 saturated carbocycles. The minimum absolute atomic E-state index is 0.0127. The van der Waals surface area contributed by atoms with Crippen LogP contribution in [-0.2, 0) is 41.7 Å². The van der Waals surface area contributed by atoms with Crippen molar-refractivity contribution in [2.75, 3.05) is 13.7 Å². The summed E-state index contributed by atoms with van der Waals surface area (Å²) in [5, 5.41) is 80.2. The van der Waals surface area contributed by atoms with Crippen molar-refractivity contribution in [2.45, 2.75) is 81.5 Å². The lowest BCUT2D eigenvalue weighted by Crippen LogP contribution is -2.65. The first-order valence-corrected chi connectivity index (χ1v) is 11.0. The highest BCUT2D eigenvalue weighted by Gasteiger charge is 2.52. The van der Waals surface area contributed by atoms with E-state index in [1.54, 1.807) is 6.92 Å². The summed E-state index contributed by atoms with van der Waals surface area (Å²) in [4.78, 5) is 15.4. The third-order valence-corrected chi connectivity index (χ3v) is 6.05. The van der Waals surface area contributed by atoms with Crippen molar-refractivity contribution in [1.82, 2.24) is 4.98 Å². The normalized spacial score (nSPS) is 37.1. The first-order chi connectivity index (χ1) is 17.0. The molecule has 8 N–H and O–H groups in total. The third kappa shape index (κ3) is 5.76. The van der Waals surface area contributed by atoms with Gasteiger partial charge in [0.2, 0.25) is 0 Å². The van der Waals surface area contributed by atoms with Gasteiger partial charge in [-0.15, -0.1) is 0 Å². The molecule has 3 rings (SSSR count). The molecule has 0 radical (unpaired) electrons. The van der Waals surface area contributed by atoms with Crippen LogP contribution in [0.25, 0.3) is 0 Å². The Bertz CT molecular complexity index is 902. The Kier molecular flexibility index (Phi) is 9.53. The van der Waals surface area contributed by atoms with Gasteiger partial charge in [-0.2, -0.15) is 0 Å². The van der Waals surface area contributed by atoms with Gasteiger partial charge in [-0.3, -0.25) is 4.98 Å². The number of aryl methyl sites for hydroxylation is 1. The van der Waals surface area contributed by atoms with Crippen LogP contribution in [-0.4, -0.2) is 127 Å². The highest BCUT2D eigenvalue weighted by molar-refractivity contribution is 5.73. The van der Waals surface area contributed by atoms with Gasteiger partial charge in [0.1, 0.15) is 48.5 Å². The molecule has 0 unspecified atom stereocenters. The van der Waals surface area contributed by atoms with Crippen molar-refractivity contribution in [3.63, 3.8) is 0 Å². The summed E-state index contributed by atoms with van der Waals surface area (Å²) in [6, 6.07) is 0. The van der Waals surface area contributed by atoms with Crippen LogP contribution in [0.15, 0.2) is 6.20 Å². The molecule has 15 nitrogen and oxygen atoms in total. The van der Waals surface area contributed by atoms with E-state index in [0.717, 1.165) is 0 Å². The molecule has 2 aliphatic rings. The predicted molar refractivity (Wildman–Crippen MR) is 113 cm³/mol. The van der Waals surface area contributed by atoms with E-state index in [9.17, 15) is 45.6 Å². The van der Waals surface area contributed by atoms with Gasteiger partial charge in [-0.25, -0.2) is 4.79 Å². The number of pyridine rings is 1. The summed E-state index contributed by atoms with van der Waals surface area (Å²) in [6.07, 6.45) is -16.2. The number of carbonyl (C=O) groups is 1. The number of hydrogen-bond acceptors (Lipinski definition) is 14. The molecule has 0 aromatic carbocycles. The van der Waals surface area contributed by atoms with Crippen molar-refractivity contribution in [3.8, 4) is 5.75 Å². The van der Waals surface area contributed by atoms with Crippen molar-refractivity contribution < 1.29 is 69.3 Å². The van der Waals surface area contributed by atoms with Crippen molar-refractivity contribution in [2.24, 2.45) is 0 Å². The summed E-state index contributed by atoms with van der Waals surface area (Å²) in [5.74, 6) is -1.77. The van der Waals surface area contributed by atoms with E-state index in [1.807, 2.05) is 0 Å². The van der Waals surface area contributed by atoms with Gasteiger partial charge in [-0.1, -0.05) is 0 Å². The van der Waals surface area contributed by atoms with Gasteiger partial charge in [0.25, 0.3) is 0 Å². The summed E-state index contributed by atoms with van der Waals surface area (Å²) in [5.41, 5.74) is 1.09. The Hall–Kier alpha value is -2.02. The number of hydrogen-bond donors (Lipinski definition) is 8. The Morgan fingerprint density at radius 2 is 1.69 bits per heavy atom. The minimum atomic E-state index is -1.97. The standard InChI is InChI=1S/C21H31NO14/c1-7-11(24)9(6-32-2)8(3-22-7)5-33-21-18(14(27)12(25)10(4-23)34-21)36-20-16(29)13(26)15(28)17(35-20)19(30)31/h3,10,12-18,20-21,23-29H,4-6H2,1-2H3,(H,30,31)/t10-,12-,13+,14+,15+,16-,17+,18-,20+,21-/m1/s1. The average Bonchev–Trinajstić information content (AvgIpc) is 2.85. The van der Waals surface area contributed by atoms with E-state index < -0.39 is 74.0 Å². The SMILES string of the molecule is COCc1c(CO[C@@H]2O[C@H](CO)[C@@H](O)[C@H](O)[C@H]2O[C@@H]2O[C@H](C(=O)O)[C@@H](O)[C@H](O)[C@H]2O)cnc(C)c1O. The number of aliphatic hydroxyl groups excluding tert-OH is 6. The number of ether oxygens (including phenoxy) is 5. The Balaban J connectivity index is 1.84. The number of aromatic nitrogens is 1. The molecule has 1 aromatic rings. The number of aliphatic carboxylic acids is 1. The Labute approximate surface area is 205 Å². The zero-order chi connectivity index (χ0) is 26.7. The van der Waals surface area contributed by atoms with Crippen molar-refractivity contribution in [1.29, 1.82) is 0 Å². The smallest absolute Gasteiger partial charge is 0.335 e. The van der Waals surface area contributed by atoms with Gasteiger partial charge in [-0.05, 0) is 6.92 Å². The molecule has 36 heavy (non-hydrogen) atoms. The summed E-state index contributed by atoms with van der Waals surface area (Å²) < 4.78 is 26.9. The number of rotatable bonds is 9. The second kappa shape index (κ2) is 12.0. The van der Waals surface area contributed by atoms with Crippen LogP contribution >= 0.6 is 0 Å². The molecule has 0 spiro atoms. The van der Waals surface area contributed by atoms with E-state index in [2.05, 4.69) is 4.98 Å². The second-order valence-corrected chi connectivity index (χ2v) is 8.48. The van der Waals surface area contributed by atoms with Crippen LogP contribution in [0.4, 0.5) is 0 Å². The van der Waals surface area contributed by atoms with Crippen molar-refractivity contribution >= 4 is 5.97 Å². The second-order valence-electron chi connectivity index (χ2n) is 8.48. The first-order valence-electron chi connectivity index (χ1n) is 11.0. The highest BCUT2D eigenvalue weighted by atomic mass is 16.8. The van der Waals surface area contributed by atoms with Crippen LogP contribution in [0.3, 0.4) is 0 Å². The maximum Gasteiger partial charge on any atom is 0.335 e. The molecule has 0 bridgehead atoms. The van der Waals surface area contributed by atoms with Crippen LogP contribution < -0.4 is 0 Å². The van der Waals surface area contributed by atoms with Gasteiger partial charge in [0, 0.05) is 24.4 Å². The summed E-state index contributed by atoms with van der Waals surface area (Å²) >= 11 is 0. The third-order valence-electron chi connectivity index (χ3n) is 6.05. The predicted octanol–water partition coefficient (Wildman–Crippen LogP) is -3.52.